The van der Waals surface area contributed by atoms with Crippen LogP contribution in [-0.2, 0) is 9.46 Å². The van der Waals surface area contributed by atoms with Crippen LogP contribution in [0.5, 0.6) is 0 Å². The highest BCUT2D eigenvalue weighted by atomic mass is 28.4. The molecule has 0 unspecified atom stereocenters. The number of hydrogen-bond acceptors (Lipinski definition) is 5. The van der Waals surface area contributed by atoms with E-state index in [2.05, 4.69) is 9.46 Å². The van der Waals surface area contributed by atoms with Gasteiger partial charge in [0.25, 0.3) is 0 Å². The molecule has 0 heterocycles. The van der Waals surface area contributed by atoms with E-state index in [1.807, 2.05) is 0 Å². The van der Waals surface area contributed by atoms with Crippen molar-refractivity contribution in [2.45, 2.75) is 13.8 Å². The molecule has 11 heavy (non-hydrogen) atoms. The van der Waals surface area contributed by atoms with E-state index in [0.717, 1.165) is 5.57 Å². The molecule has 0 fully saturated rings. The van der Waals surface area contributed by atoms with Crippen LogP contribution in [0.3, 0.4) is 0 Å². The van der Waals surface area contributed by atoms with Crippen molar-refractivity contribution in [3.8, 4) is 0 Å². The minimum Gasteiger partial charge on any atom is -0.366 e. The molecule has 0 saturated carbocycles. The number of rotatable bonds is 4. The third-order valence-corrected chi connectivity index (χ3v) is 1.29. The van der Waals surface area contributed by atoms with E-state index in [0.29, 0.717) is 0 Å². The Balaban J connectivity index is 3.43. The highest BCUT2D eigenvalue weighted by Crippen LogP contribution is 1.96. The quantitative estimate of drug-likeness (QED) is 0.231. The summed E-state index contributed by atoms with van der Waals surface area (Å²) in [4.78, 5) is 29.2. The summed E-state index contributed by atoms with van der Waals surface area (Å²) in [5, 5.41) is 0. The van der Waals surface area contributed by atoms with E-state index in [-0.39, 0.29) is 6.61 Å². The van der Waals surface area contributed by atoms with Gasteiger partial charge >= 0.3 is 9.05 Å². The maximum atomic E-state index is 8.29. The highest BCUT2D eigenvalue weighted by molar-refractivity contribution is 6.48. The van der Waals surface area contributed by atoms with E-state index in [9.17, 15) is 0 Å². The Kier molecular flexibility index (Phi) is 4.50. The molecule has 5 nitrogen and oxygen atoms in total. The molecule has 0 spiro atoms. The lowest BCUT2D eigenvalue weighted by Gasteiger charge is -2.08. The summed E-state index contributed by atoms with van der Waals surface area (Å²) in [7, 11) is -4.49. The lowest BCUT2D eigenvalue weighted by molar-refractivity contribution is -0.254. The predicted molar refractivity (Wildman–Crippen MR) is 38.9 cm³/mol. The summed E-state index contributed by atoms with van der Waals surface area (Å²) >= 11 is 0. The van der Waals surface area contributed by atoms with Crippen LogP contribution in [0.2, 0.25) is 0 Å². The Labute approximate surface area is 65.9 Å². The molecule has 0 aliphatic rings. The summed E-state index contributed by atoms with van der Waals surface area (Å²) in [6, 6.07) is 0. The maximum Gasteiger partial charge on any atom is 0.699 e. The Bertz CT molecular complexity index is 138. The molecule has 0 amide bonds. The fourth-order valence-electron chi connectivity index (χ4n) is 0.285. The molecule has 0 aliphatic heterocycles. The third-order valence-electron chi connectivity index (χ3n) is 0.950. The average Bonchev–Trinajstić information content (AvgIpc) is 1.85. The largest absolute Gasteiger partial charge is 0.699 e. The first-order valence-corrected chi connectivity index (χ1v) is 4.80. The van der Waals surface area contributed by atoms with Gasteiger partial charge in [-0.1, -0.05) is 6.08 Å². The van der Waals surface area contributed by atoms with Crippen molar-refractivity contribution < 1.29 is 23.9 Å². The first-order valence-electron chi connectivity index (χ1n) is 3.05. The van der Waals surface area contributed by atoms with Crippen molar-refractivity contribution in [1.82, 2.24) is 0 Å². The van der Waals surface area contributed by atoms with Crippen molar-refractivity contribution in [3.63, 3.8) is 0 Å². The molecule has 0 aliphatic carbocycles. The number of hydrogen-bond donors (Lipinski definition) is 3. The van der Waals surface area contributed by atoms with Crippen LogP contribution in [0, 0.1) is 0 Å². The van der Waals surface area contributed by atoms with Gasteiger partial charge in [0, 0.05) is 0 Å². The monoisotopic (exact) mass is 180 g/mol. The van der Waals surface area contributed by atoms with Crippen molar-refractivity contribution >= 4 is 9.05 Å². The van der Waals surface area contributed by atoms with Gasteiger partial charge in [0.1, 0.15) is 6.61 Å². The van der Waals surface area contributed by atoms with Crippen molar-refractivity contribution in [2.24, 2.45) is 0 Å². The van der Waals surface area contributed by atoms with Crippen molar-refractivity contribution in [3.05, 3.63) is 11.6 Å². The lowest BCUT2D eigenvalue weighted by Crippen LogP contribution is -2.39. The average molecular weight is 180 g/mol. The molecule has 0 aromatic rings. The molecule has 6 heteroatoms. The zero-order valence-corrected chi connectivity index (χ0v) is 7.44. The zero-order valence-electron chi connectivity index (χ0n) is 6.44. The Morgan fingerprint density at radius 2 is 2.00 bits per heavy atom. The van der Waals surface area contributed by atoms with Crippen LogP contribution in [0.4, 0.5) is 0 Å². The van der Waals surface area contributed by atoms with Crippen LogP contribution in [0.1, 0.15) is 13.8 Å². The molecule has 3 N–H and O–H groups in total. The van der Waals surface area contributed by atoms with Crippen LogP contribution < -0.4 is 0 Å². The smallest absolute Gasteiger partial charge is 0.366 e. The van der Waals surface area contributed by atoms with E-state index in [1.54, 1.807) is 19.9 Å². The molecule has 0 atom stereocenters. The second-order valence-corrected chi connectivity index (χ2v) is 3.37. The second-order valence-electron chi connectivity index (χ2n) is 2.05. The fourth-order valence-corrected chi connectivity index (χ4v) is 0.502. The molecule has 0 aromatic carbocycles. The molecular weight excluding hydrogens is 168 g/mol. The summed E-state index contributed by atoms with van der Waals surface area (Å²) in [6.07, 6.45) is 1.78. The molecule has 66 valence electrons. The molecule has 0 rings (SSSR count). The third kappa shape index (κ3) is 7.66. The van der Waals surface area contributed by atoms with E-state index in [1.165, 1.54) is 0 Å². The van der Waals surface area contributed by atoms with Gasteiger partial charge in [-0.3, -0.25) is 0 Å². The van der Waals surface area contributed by atoms with Gasteiger partial charge in [-0.15, -0.1) is 0 Å². The van der Waals surface area contributed by atoms with Crippen LogP contribution in [0.15, 0.2) is 11.6 Å². The normalized spacial score (nSPS) is 13.7. The van der Waals surface area contributed by atoms with Crippen LogP contribution >= 0.6 is 0 Å². The SMILES string of the molecule is CC=C(C)COO[Si](O)(O)O. The molecule has 0 aromatic heterocycles. The van der Waals surface area contributed by atoms with Gasteiger partial charge in [0.15, 0.2) is 0 Å². The summed E-state index contributed by atoms with van der Waals surface area (Å²) in [5.74, 6) is 0. The summed E-state index contributed by atoms with van der Waals surface area (Å²) in [5.41, 5.74) is 0.864. The first-order chi connectivity index (χ1) is 4.95. The summed E-state index contributed by atoms with van der Waals surface area (Å²) < 4.78 is 3.87. The Morgan fingerprint density at radius 1 is 1.45 bits per heavy atom. The maximum absolute atomic E-state index is 8.29. The Morgan fingerprint density at radius 3 is 2.36 bits per heavy atom. The highest BCUT2D eigenvalue weighted by Gasteiger charge is 2.32. The minimum atomic E-state index is -4.49. The lowest BCUT2D eigenvalue weighted by atomic mass is 10.3. The van der Waals surface area contributed by atoms with Gasteiger partial charge in [-0.05, 0) is 19.4 Å². The molecular formula is C5H12O5Si. The predicted octanol–water partition coefficient (Wildman–Crippen LogP) is -0.687. The van der Waals surface area contributed by atoms with Crippen LogP contribution in [-0.4, -0.2) is 30.0 Å². The molecule has 0 saturated heterocycles. The molecule has 0 bridgehead atoms. The first kappa shape index (κ1) is 10.8. The van der Waals surface area contributed by atoms with Crippen LogP contribution in [0.25, 0.3) is 0 Å². The van der Waals surface area contributed by atoms with E-state index < -0.39 is 9.05 Å². The topological polar surface area (TPSA) is 79.2 Å². The van der Waals surface area contributed by atoms with Crippen molar-refractivity contribution in [2.75, 3.05) is 6.61 Å². The number of allylic oxidation sites excluding steroid dienone is 1. The fraction of sp³-hybridized carbons (Fsp3) is 0.600. The standard InChI is InChI=1S/C5H12O5Si/c1-3-5(2)4-9-10-11(6,7)8/h3,6-8H,4H2,1-2H3. The van der Waals surface area contributed by atoms with Crippen molar-refractivity contribution in [1.29, 1.82) is 0 Å². The second kappa shape index (κ2) is 4.60. The van der Waals surface area contributed by atoms with E-state index in [4.69, 9.17) is 14.4 Å². The van der Waals surface area contributed by atoms with Gasteiger partial charge < -0.3 is 14.4 Å². The van der Waals surface area contributed by atoms with Gasteiger partial charge in [-0.2, -0.15) is 4.58 Å². The summed E-state index contributed by atoms with van der Waals surface area (Å²) in [6.45, 7) is 3.69. The Hall–Kier alpha value is -0.243. The van der Waals surface area contributed by atoms with E-state index >= 15 is 0 Å². The molecule has 0 radical (unpaired) electrons. The minimum absolute atomic E-state index is 0.104. The van der Waals surface area contributed by atoms with Gasteiger partial charge in [0.2, 0.25) is 0 Å². The van der Waals surface area contributed by atoms with Gasteiger partial charge in [0.05, 0.1) is 0 Å². The zero-order chi connectivity index (χ0) is 8.91. The van der Waals surface area contributed by atoms with Gasteiger partial charge in [-0.25, -0.2) is 4.89 Å².